The lowest BCUT2D eigenvalue weighted by Crippen LogP contribution is -2.42. The van der Waals surface area contributed by atoms with Crippen molar-refractivity contribution in [3.8, 4) is 5.88 Å². The number of rotatable bonds is 9. The van der Waals surface area contributed by atoms with Gasteiger partial charge in [-0.15, -0.1) is 24.0 Å². The average Bonchev–Trinajstić information content (AvgIpc) is 2.66. The van der Waals surface area contributed by atoms with Gasteiger partial charge in [-0.05, 0) is 45.3 Å². The zero-order chi connectivity index (χ0) is 17.7. The van der Waals surface area contributed by atoms with Gasteiger partial charge in [0.2, 0.25) is 5.88 Å². The minimum atomic E-state index is 0. The van der Waals surface area contributed by atoms with E-state index in [4.69, 9.17) is 9.73 Å². The number of ether oxygens (including phenoxy) is 1. The summed E-state index contributed by atoms with van der Waals surface area (Å²) in [5, 5.41) is 6.75. The summed E-state index contributed by atoms with van der Waals surface area (Å²) in [4.78, 5) is 11.5. The summed E-state index contributed by atoms with van der Waals surface area (Å²) in [6, 6.07) is 3.96. The molecule has 0 amide bonds. The molecule has 0 radical (unpaired) electrons. The van der Waals surface area contributed by atoms with E-state index in [1.165, 1.54) is 32.4 Å². The van der Waals surface area contributed by atoms with Crippen LogP contribution in [0.4, 0.5) is 0 Å². The molecule has 0 aromatic carbocycles. The molecule has 1 fully saturated rings. The number of aromatic nitrogens is 1. The molecule has 1 aromatic rings. The van der Waals surface area contributed by atoms with Gasteiger partial charge < -0.3 is 20.3 Å². The average molecular weight is 475 g/mol. The fourth-order valence-corrected chi connectivity index (χ4v) is 2.89. The van der Waals surface area contributed by atoms with Crippen molar-refractivity contribution >= 4 is 29.9 Å². The Morgan fingerprint density at radius 3 is 2.77 bits per heavy atom. The summed E-state index contributed by atoms with van der Waals surface area (Å²) in [6.45, 7) is 10.7. The molecular weight excluding hydrogens is 441 g/mol. The molecule has 148 valence electrons. The summed E-state index contributed by atoms with van der Waals surface area (Å²) < 4.78 is 5.71. The van der Waals surface area contributed by atoms with Crippen LogP contribution in [0.25, 0.3) is 0 Å². The molecule has 0 aliphatic carbocycles. The second-order valence-corrected chi connectivity index (χ2v) is 6.34. The SMILES string of the molecule is CCCOc1ncccc1CN=C(NCC)NCCN1CCCCC1.I. The zero-order valence-electron chi connectivity index (χ0n) is 16.2. The van der Waals surface area contributed by atoms with Crippen molar-refractivity contribution in [3.63, 3.8) is 0 Å². The maximum atomic E-state index is 5.71. The van der Waals surface area contributed by atoms with Crippen LogP contribution < -0.4 is 15.4 Å². The highest BCUT2D eigenvalue weighted by Gasteiger charge is 2.09. The molecule has 1 aliphatic heterocycles. The molecule has 6 nitrogen and oxygen atoms in total. The number of piperidine rings is 1. The Balaban J connectivity index is 0.00000338. The quantitative estimate of drug-likeness (QED) is 0.327. The van der Waals surface area contributed by atoms with Crippen LogP contribution >= 0.6 is 24.0 Å². The van der Waals surface area contributed by atoms with E-state index in [0.717, 1.165) is 37.6 Å². The topological polar surface area (TPSA) is 61.8 Å². The number of aliphatic imine (C=N–C) groups is 1. The fraction of sp³-hybridized carbons (Fsp3) is 0.684. The molecule has 7 heteroatoms. The van der Waals surface area contributed by atoms with Crippen LogP contribution in [0.5, 0.6) is 5.88 Å². The number of halogens is 1. The van der Waals surface area contributed by atoms with E-state index in [1.807, 2.05) is 12.1 Å². The van der Waals surface area contributed by atoms with Gasteiger partial charge in [0, 0.05) is 31.4 Å². The van der Waals surface area contributed by atoms with Gasteiger partial charge in [0.25, 0.3) is 0 Å². The van der Waals surface area contributed by atoms with Crippen molar-refractivity contribution in [3.05, 3.63) is 23.9 Å². The molecule has 0 unspecified atom stereocenters. The molecule has 26 heavy (non-hydrogen) atoms. The summed E-state index contributed by atoms with van der Waals surface area (Å²) in [6.07, 6.45) is 6.77. The molecule has 1 aliphatic rings. The second kappa shape index (κ2) is 14.0. The van der Waals surface area contributed by atoms with E-state index >= 15 is 0 Å². The summed E-state index contributed by atoms with van der Waals surface area (Å²) in [5.74, 6) is 1.54. The largest absolute Gasteiger partial charge is 0.477 e. The lowest BCUT2D eigenvalue weighted by molar-refractivity contribution is 0.232. The van der Waals surface area contributed by atoms with E-state index in [2.05, 4.69) is 34.4 Å². The summed E-state index contributed by atoms with van der Waals surface area (Å²) in [7, 11) is 0. The first-order valence-corrected chi connectivity index (χ1v) is 9.64. The Hall–Kier alpha value is -1.09. The Labute approximate surface area is 175 Å². The number of hydrogen-bond donors (Lipinski definition) is 2. The third kappa shape index (κ3) is 8.53. The van der Waals surface area contributed by atoms with Gasteiger partial charge in [-0.2, -0.15) is 0 Å². The van der Waals surface area contributed by atoms with Crippen molar-refractivity contribution in [2.75, 3.05) is 39.3 Å². The van der Waals surface area contributed by atoms with Crippen LogP contribution in [-0.4, -0.2) is 55.2 Å². The van der Waals surface area contributed by atoms with Crippen molar-refractivity contribution in [1.82, 2.24) is 20.5 Å². The fourth-order valence-electron chi connectivity index (χ4n) is 2.89. The number of hydrogen-bond acceptors (Lipinski definition) is 4. The van der Waals surface area contributed by atoms with Crippen LogP contribution in [0, 0.1) is 0 Å². The third-order valence-electron chi connectivity index (χ3n) is 4.21. The van der Waals surface area contributed by atoms with Gasteiger partial charge in [0.1, 0.15) is 0 Å². The van der Waals surface area contributed by atoms with E-state index in [-0.39, 0.29) is 24.0 Å². The Morgan fingerprint density at radius 2 is 2.04 bits per heavy atom. The number of nitrogens with zero attached hydrogens (tertiary/aromatic N) is 3. The number of pyridine rings is 1. The first-order valence-electron chi connectivity index (χ1n) is 9.64. The van der Waals surface area contributed by atoms with Crippen LogP contribution in [0.15, 0.2) is 23.3 Å². The van der Waals surface area contributed by atoms with E-state index < -0.39 is 0 Å². The standard InChI is InChI=1S/C19H33N5O.HI/c1-3-15-25-18-17(9-8-10-21-18)16-23-19(20-4-2)22-11-14-24-12-6-5-7-13-24;/h8-10H,3-7,11-16H2,1-2H3,(H2,20,22,23);1H. The molecular formula is C19H34IN5O. The molecule has 2 heterocycles. The molecule has 1 aromatic heterocycles. The minimum Gasteiger partial charge on any atom is -0.477 e. The summed E-state index contributed by atoms with van der Waals surface area (Å²) in [5.41, 5.74) is 1.02. The van der Waals surface area contributed by atoms with Crippen molar-refractivity contribution in [2.45, 2.75) is 46.1 Å². The van der Waals surface area contributed by atoms with Crippen molar-refractivity contribution in [2.24, 2.45) is 4.99 Å². The van der Waals surface area contributed by atoms with Gasteiger partial charge in [-0.3, -0.25) is 0 Å². The molecule has 1 saturated heterocycles. The second-order valence-electron chi connectivity index (χ2n) is 6.34. The molecule has 2 rings (SSSR count). The van der Waals surface area contributed by atoms with E-state index in [0.29, 0.717) is 19.0 Å². The number of guanidine groups is 1. The van der Waals surface area contributed by atoms with Crippen LogP contribution in [0.2, 0.25) is 0 Å². The smallest absolute Gasteiger partial charge is 0.218 e. The molecule has 0 bridgehead atoms. The minimum absolute atomic E-state index is 0. The van der Waals surface area contributed by atoms with E-state index in [9.17, 15) is 0 Å². The Bertz CT molecular complexity index is 520. The van der Waals surface area contributed by atoms with Crippen molar-refractivity contribution in [1.29, 1.82) is 0 Å². The normalized spacial score (nSPS) is 15.2. The van der Waals surface area contributed by atoms with Crippen molar-refractivity contribution < 1.29 is 4.74 Å². The maximum absolute atomic E-state index is 5.71. The van der Waals surface area contributed by atoms with Crippen LogP contribution in [-0.2, 0) is 6.54 Å². The van der Waals surface area contributed by atoms with Gasteiger partial charge in [-0.25, -0.2) is 9.98 Å². The van der Waals surface area contributed by atoms with Gasteiger partial charge >= 0.3 is 0 Å². The first kappa shape index (κ1) is 23.0. The highest BCUT2D eigenvalue weighted by atomic mass is 127. The molecule has 0 atom stereocenters. The van der Waals surface area contributed by atoms with Crippen LogP contribution in [0.1, 0.15) is 45.1 Å². The maximum Gasteiger partial charge on any atom is 0.218 e. The Morgan fingerprint density at radius 1 is 1.23 bits per heavy atom. The van der Waals surface area contributed by atoms with Gasteiger partial charge in [0.15, 0.2) is 5.96 Å². The third-order valence-corrected chi connectivity index (χ3v) is 4.21. The van der Waals surface area contributed by atoms with Crippen LogP contribution in [0.3, 0.4) is 0 Å². The monoisotopic (exact) mass is 475 g/mol. The predicted molar refractivity (Wildman–Crippen MR) is 119 cm³/mol. The predicted octanol–water partition coefficient (Wildman–Crippen LogP) is 3.03. The lowest BCUT2D eigenvalue weighted by Gasteiger charge is -2.26. The zero-order valence-corrected chi connectivity index (χ0v) is 18.5. The van der Waals surface area contributed by atoms with Gasteiger partial charge in [0.05, 0.1) is 13.2 Å². The molecule has 2 N–H and O–H groups in total. The lowest BCUT2D eigenvalue weighted by atomic mass is 10.1. The number of nitrogens with one attached hydrogen (secondary N) is 2. The highest BCUT2D eigenvalue weighted by molar-refractivity contribution is 14.0. The Kier molecular flexibility index (Phi) is 12.4. The first-order chi connectivity index (χ1) is 12.3. The molecule has 0 spiro atoms. The van der Waals surface area contributed by atoms with Gasteiger partial charge in [-0.1, -0.05) is 19.4 Å². The number of likely N-dealkylation sites (tertiary alicyclic amines) is 1. The van der Waals surface area contributed by atoms with E-state index in [1.54, 1.807) is 6.20 Å². The summed E-state index contributed by atoms with van der Waals surface area (Å²) >= 11 is 0. The molecule has 0 saturated carbocycles. The highest BCUT2D eigenvalue weighted by Crippen LogP contribution is 2.15.